The van der Waals surface area contributed by atoms with Crippen molar-refractivity contribution in [1.29, 1.82) is 0 Å². The zero-order chi connectivity index (χ0) is 10.1. The van der Waals surface area contributed by atoms with Gasteiger partial charge in [-0.3, -0.25) is 9.98 Å². The lowest BCUT2D eigenvalue weighted by Gasteiger charge is -2.31. The summed E-state index contributed by atoms with van der Waals surface area (Å²) in [7, 11) is 0. The molecule has 2 aliphatic rings. The normalized spacial score (nSPS) is 24.4. The van der Waals surface area contributed by atoms with Crippen molar-refractivity contribution in [3.05, 3.63) is 30.1 Å². The molecule has 0 radical (unpaired) electrons. The number of nitrogens with one attached hydrogen (secondary N) is 1. The number of pyridine rings is 1. The number of aromatic nitrogens is 1. The van der Waals surface area contributed by atoms with Crippen LogP contribution in [0.1, 0.15) is 18.0 Å². The van der Waals surface area contributed by atoms with Gasteiger partial charge < -0.3 is 10.2 Å². The second-order valence-corrected chi connectivity index (χ2v) is 3.92. The van der Waals surface area contributed by atoms with E-state index in [9.17, 15) is 0 Å². The quantitative estimate of drug-likeness (QED) is 0.732. The molecule has 0 aliphatic carbocycles. The van der Waals surface area contributed by atoms with Gasteiger partial charge in [0, 0.05) is 32.0 Å². The maximum absolute atomic E-state index is 4.48. The smallest absolute Gasteiger partial charge is 0.194 e. The van der Waals surface area contributed by atoms with Gasteiger partial charge in [0.2, 0.25) is 0 Å². The molecule has 2 aliphatic heterocycles. The summed E-state index contributed by atoms with van der Waals surface area (Å²) < 4.78 is 0. The Labute approximate surface area is 89.0 Å². The lowest BCUT2D eigenvalue weighted by Crippen LogP contribution is -2.37. The fourth-order valence-corrected chi connectivity index (χ4v) is 2.31. The zero-order valence-electron chi connectivity index (χ0n) is 8.56. The van der Waals surface area contributed by atoms with Gasteiger partial charge in [0.25, 0.3) is 0 Å². The zero-order valence-corrected chi connectivity index (χ0v) is 8.56. The molecule has 1 atom stereocenters. The molecule has 78 valence electrons. The number of hydrogen-bond acceptors (Lipinski definition) is 4. The number of aliphatic imine (C=N–C) groups is 1. The van der Waals surface area contributed by atoms with Gasteiger partial charge in [0.1, 0.15) is 0 Å². The SMILES string of the molecule is c1cncc(C2CCN=C3NCCN32)c1. The van der Waals surface area contributed by atoms with Crippen LogP contribution in [0.3, 0.4) is 0 Å². The number of fused-ring (bicyclic) bond motifs is 1. The minimum absolute atomic E-state index is 0.459. The summed E-state index contributed by atoms with van der Waals surface area (Å²) in [4.78, 5) is 11.0. The first kappa shape index (κ1) is 8.71. The Hall–Kier alpha value is -1.58. The molecule has 0 saturated carbocycles. The van der Waals surface area contributed by atoms with E-state index in [0.29, 0.717) is 6.04 Å². The molecule has 1 N–H and O–H groups in total. The number of rotatable bonds is 1. The Morgan fingerprint density at radius 2 is 2.47 bits per heavy atom. The predicted molar refractivity (Wildman–Crippen MR) is 58.6 cm³/mol. The second kappa shape index (κ2) is 3.53. The fraction of sp³-hybridized carbons (Fsp3) is 0.455. The summed E-state index contributed by atoms with van der Waals surface area (Å²) in [6, 6.07) is 4.62. The van der Waals surface area contributed by atoms with Crippen LogP contribution in [-0.2, 0) is 0 Å². The van der Waals surface area contributed by atoms with Crippen LogP contribution in [-0.4, -0.2) is 35.5 Å². The van der Waals surface area contributed by atoms with Crippen molar-refractivity contribution in [2.24, 2.45) is 4.99 Å². The number of nitrogens with zero attached hydrogens (tertiary/aromatic N) is 3. The Morgan fingerprint density at radius 1 is 1.47 bits per heavy atom. The molecule has 1 aromatic heterocycles. The molecule has 3 rings (SSSR count). The Balaban J connectivity index is 1.91. The highest BCUT2D eigenvalue weighted by molar-refractivity contribution is 5.82. The van der Waals surface area contributed by atoms with Gasteiger partial charge in [-0.05, 0) is 18.1 Å². The van der Waals surface area contributed by atoms with Gasteiger partial charge in [0.15, 0.2) is 5.96 Å². The van der Waals surface area contributed by atoms with E-state index in [0.717, 1.165) is 32.0 Å². The lowest BCUT2D eigenvalue weighted by molar-refractivity contribution is 0.314. The van der Waals surface area contributed by atoms with Gasteiger partial charge in [-0.1, -0.05) is 6.07 Å². The lowest BCUT2D eigenvalue weighted by atomic mass is 10.0. The predicted octanol–water partition coefficient (Wildman–Crippen LogP) is 0.788. The summed E-state index contributed by atoms with van der Waals surface area (Å²) >= 11 is 0. The average Bonchev–Trinajstić information content (AvgIpc) is 2.78. The largest absolute Gasteiger partial charge is 0.354 e. The van der Waals surface area contributed by atoms with Crippen molar-refractivity contribution < 1.29 is 0 Å². The van der Waals surface area contributed by atoms with E-state index >= 15 is 0 Å². The van der Waals surface area contributed by atoms with Crippen molar-refractivity contribution in [2.75, 3.05) is 19.6 Å². The Bertz CT molecular complexity index is 373. The van der Waals surface area contributed by atoms with E-state index in [1.165, 1.54) is 5.56 Å². The summed E-state index contributed by atoms with van der Waals surface area (Å²) in [5, 5.41) is 3.31. The Morgan fingerprint density at radius 3 is 3.33 bits per heavy atom. The fourth-order valence-electron chi connectivity index (χ4n) is 2.31. The average molecular weight is 202 g/mol. The van der Waals surface area contributed by atoms with Crippen molar-refractivity contribution in [1.82, 2.24) is 15.2 Å². The summed E-state index contributed by atoms with van der Waals surface area (Å²) in [6.45, 7) is 2.98. The molecule has 3 heterocycles. The van der Waals surface area contributed by atoms with E-state index in [1.807, 2.05) is 18.5 Å². The maximum atomic E-state index is 4.48. The first-order valence-electron chi connectivity index (χ1n) is 5.40. The Kier molecular flexibility index (Phi) is 2.05. The molecule has 0 spiro atoms. The third-order valence-corrected chi connectivity index (χ3v) is 3.02. The van der Waals surface area contributed by atoms with Gasteiger partial charge in [-0.2, -0.15) is 0 Å². The summed E-state index contributed by atoms with van der Waals surface area (Å²) in [5.74, 6) is 1.06. The van der Waals surface area contributed by atoms with E-state index in [-0.39, 0.29) is 0 Å². The first-order valence-corrected chi connectivity index (χ1v) is 5.40. The monoisotopic (exact) mass is 202 g/mol. The van der Waals surface area contributed by atoms with E-state index in [2.05, 4.69) is 26.3 Å². The van der Waals surface area contributed by atoms with Crippen molar-refractivity contribution >= 4 is 5.96 Å². The highest BCUT2D eigenvalue weighted by Crippen LogP contribution is 2.27. The molecule has 0 bridgehead atoms. The van der Waals surface area contributed by atoms with Crippen LogP contribution < -0.4 is 5.32 Å². The molecule has 15 heavy (non-hydrogen) atoms. The molecule has 1 aromatic rings. The summed E-state index contributed by atoms with van der Waals surface area (Å²) in [5.41, 5.74) is 1.30. The van der Waals surface area contributed by atoms with Gasteiger partial charge in [0.05, 0.1) is 6.04 Å². The molecule has 0 amide bonds. The number of guanidine groups is 1. The van der Waals surface area contributed by atoms with Crippen LogP contribution >= 0.6 is 0 Å². The van der Waals surface area contributed by atoms with Gasteiger partial charge in [-0.15, -0.1) is 0 Å². The molecule has 4 nitrogen and oxygen atoms in total. The van der Waals surface area contributed by atoms with Crippen LogP contribution in [0.2, 0.25) is 0 Å². The number of hydrogen-bond donors (Lipinski definition) is 1. The third-order valence-electron chi connectivity index (χ3n) is 3.02. The highest BCUT2D eigenvalue weighted by Gasteiger charge is 2.29. The van der Waals surface area contributed by atoms with E-state index < -0.39 is 0 Å². The van der Waals surface area contributed by atoms with E-state index in [4.69, 9.17) is 0 Å². The molecular weight excluding hydrogens is 188 g/mol. The molecule has 0 aromatic carbocycles. The molecule has 4 heteroatoms. The van der Waals surface area contributed by atoms with Gasteiger partial charge in [-0.25, -0.2) is 0 Å². The van der Waals surface area contributed by atoms with Crippen molar-refractivity contribution in [3.8, 4) is 0 Å². The summed E-state index contributed by atoms with van der Waals surface area (Å²) in [6.07, 6.45) is 4.88. The molecule has 1 fully saturated rings. The van der Waals surface area contributed by atoms with Crippen LogP contribution in [0.4, 0.5) is 0 Å². The van der Waals surface area contributed by atoms with Crippen molar-refractivity contribution in [2.45, 2.75) is 12.5 Å². The van der Waals surface area contributed by atoms with Crippen LogP contribution in [0.25, 0.3) is 0 Å². The van der Waals surface area contributed by atoms with Crippen LogP contribution in [0, 0.1) is 0 Å². The molecule has 1 unspecified atom stereocenters. The van der Waals surface area contributed by atoms with Crippen molar-refractivity contribution in [3.63, 3.8) is 0 Å². The second-order valence-electron chi connectivity index (χ2n) is 3.92. The maximum Gasteiger partial charge on any atom is 0.194 e. The first-order chi connectivity index (χ1) is 7.45. The van der Waals surface area contributed by atoms with Crippen LogP contribution in [0.15, 0.2) is 29.5 Å². The topological polar surface area (TPSA) is 40.5 Å². The van der Waals surface area contributed by atoms with E-state index in [1.54, 1.807) is 0 Å². The molecule has 1 saturated heterocycles. The highest BCUT2D eigenvalue weighted by atomic mass is 15.4. The van der Waals surface area contributed by atoms with Crippen LogP contribution in [0.5, 0.6) is 0 Å². The minimum atomic E-state index is 0.459. The third kappa shape index (κ3) is 1.46. The minimum Gasteiger partial charge on any atom is -0.354 e. The van der Waals surface area contributed by atoms with Gasteiger partial charge >= 0.3 is 0 Å². The molecular formula is C11H14N4. The standard InChI is InChI=1S/C11H14N4/c1-2-9(8-12-4-1)10-3-5-13-11-14-6-7-15(10)11/h1-2,4,8,10H,3,5-7H2,(H,13,14).